The molecule has 126 valence electrons. The number of nitrogens with zero attached hydrogens (tertiary/aromatic N) is 1. The Balaban J connectivity index is 1.63. The van der Waals surface area contributed by atoms with Gasteiger partial charge >= 0.3 is 5.97 Å². The van der Waals surface area contributed by atoms with Crippen molar-refractivity contribution in [2.75, 3.05) is 11.1 Å². The predicted octanol–water partition coefficient (Wildman–Crippen LogP) is 3.97. The van der Waals surface area contributed by atoms with Crippen LogP contribution in [0.25, 0.3) is 10.9 Å². The first-order chi connectivity index (χ1) is 12.0. The van der Waals surface area contributed by atoms with Crippen molar-refractivity contribution in [2.24, 2.45) is 0 Å². The van der Waals surface area contributed by atoms with Gasteiger partial charge in [-0.15, -0.1) is 0 Å². The van der Waals surface area contributed by atoms with Gasteiger partial charge in [0.2, 0.25) is 5.91 Å². The van der Waals surface area contributed by atoms with E-state index in [1.54, 1.807) is 12.1 Å². The highest BCUT2D eigenvalue weighted by molar-refractivity contribution is 7.99. The third-order valence-electron chi connectivity index (χ3n) is 3.67. The van der Waals surface area contributed by atoms with Gasteiger partial charge in [-0.1, -0.05) is 30.0 Å². The van der Waals surface area contributed by atoms with E-state index in [1.807, 2.05) is 37.3 Å². The molecule has 0 aliphatic carbocycles. The smallest absolute Gasteiger partial charge is 0.335 e. The molecule has 1 aromatic heterocycles. The van der Waals surface area contributed by atoms with Crippen molar-refractivity contribution in [3.8, 4) is 0 Å². The maximum atomic E-state index is 12.1. The molecule has 0 aliphatic rings. The highest BCUT2D eigenvalue weighted by Gasteiger charge is 2.08. The van der Waals surface area contributed by atoms with Crippen molar-refractivity contribution < 1.29 is 14.7 Å². The van der Waals surface area contributed by atoms with Crippen LogP contribution < -0.4 is 5.32 Å². The number of hydrogen-bond donors (Lipinski definition) is 2. The van der Waals surface area contributed by atoms with Crippen LogP contribution in [0.3, 0.4) is 0 Å². The highest BCUT2D eigenvalue weighted by atomic mass is 32.2. The molecule has 25 heavy (non-hydrogen) atoms. The average molecular weight is 352 g/mol. The number of hydrogen-bond acceptors (Lipinski definition) is 4. The maximum absolute atomic E-state index is 12.1. The number of rotatable bonds is 5. The van der Waals surface area contributed by atoms with E-state index in [1.165, 1.54) is 23.9 Å². The number of thioether (sulfide) groups is 1. The number of anilines is 1. The summed E-state index contributed by atoms with van der Waals surface area (Å²) in [6.07, 6.45) is 0. The second-order valence-corrected chi connectivity index (χ2v) is 6.51. The minimum atomic E-state index is -0.994. The first kappa shape index (κ1) is 17.0. The van der Waals surface area contributed by atoms with Crippen LogP contribution >= 0.6 is 11.8 Å². The van der Waals surface area contributed by atoms with Gasteiger partial charge in [-0.2, -0.15) is 0 Å². The van der Waals surface area contributed by atoms with Gasteiger partial charge in [-0.3, -0.25) is 4.79 Å². The number of para-hydroxylation sites is 1. The number of aromatic nitrogens is 1. The monoisotopic (exact) mass is 352 g/mol. The Hall–Kier alpha value is -2.86. The zero-order chi connectivity index (χ0) is 17.8. The molecular weight excluding hydrogens is 336 g/mol. The van der Waals surface area contributed by atoms with Crippen LogP contribution in [0.1, 0.15) is 15.9 Å². The van der Waals surface area contributed by atoms with Crippen molar-refractivity contribution in [3.05, 3.63) is 65.7 Å². The number of pyridine rings is 1. The molecule has 0 saturated heterocycles. The zero-order valence-electron chi connectivity index (χ0n) is 13.5. The minimum Gasteiger partial charge on any atom is -0.478 e. The van der Waals surface area contributed by atoms with Crippen LogP contribution in [0.15, 0.2) is 59.6 Å². The van der Waals surface area contributed by atoms with Crippen LogP contribution in [-0.2, 0) is 4.79 Å². The first-order valence-electron chi connectivity index (χ1n) is 7.65. The number of amides is 1. The van der Waals surface area contributed by atoms with Crippen molar-refractivity contribution >= 4 is 40.2 Å². The van der Waals surface area contributed by atoms with Crippen molar-refractivity contribution in [3.63, 3.8) is 0 Å². The van der Waals surface area contributed by atoms with E-state index in [0.29, 0.717) is 5.69 Å². The van der Waals surface area contributed by atoms with Gasteiger partial charge in [0.05, 0.1) is 21.9 Å². The molecule has 3 rings (SSSR count). The quantitative estimate of drug-likeness (QED) is 0.679. The second kappa shape index (κ2) is 7.36. The maximum Gasteiger partial charge on any atom is 0.335 e. The molecule has 2 N–H and O–H groups in total. The number of carbonyl (C=O) groups excluding carboxylic acids is 1. The molecule has 3 aromatic rings. The third-order valence-corrected chi connectivity index (χ3v) is 4.58. The lowest BCUT2D eigenvalue weighted by Gasteiger charge is -2.07. The number of carboxylic acids is 1. The van der Waals surface area contributed by atoms with Crippen LogP contribution in [0, 0.1) is 6.92 Å². The van der Waals surface area contributed by atoms with Gasteiger partial charge in [0.25, 0.3) is 0 Å². The standard InChI is InChI=1S/C19H16N2O3S/c1-12-10-18(21-16-5-3-2-4-15(12)16)25-11-17(22)20-14-8-6-13(7-9-14)19(23)24/h2-10H,11H2,1H3,(H,20,22)(H,23,24). The lowest BCUT2D eigenvalue weighted by Crippen LogP contribution is -2.14. The third kappa shape index (κ3) is 4.16. The fraction of sp³-hybridized carbons (Fsp3) is 0.105. The zero-order valence-corrected chi connectivity index (χ0v) is 14.3. The van der Waals surface area contributed by atoms with Crippen molar-refractivity contribution in [2.45, 2.75) is 11.9 Å². The average Bonchev–Trinajstić information content (AvgIpc) is 2.60. The number of benzene rings is 2. The molecular formula is C19H16N2O3S. The van der Waals surface area contributed by atoms with Crippen LogP contribution in [-0.4, -0.2) is 27.7 Å². The van der Waals surface area contributed by atoms with E-state index in [4.69, 9.17) is 5.11 Å². The van der Waals surface area contributed by atoms with Gasteiger partial charge in [0.15, 0.2) is 0 Å². The van der Waals surface area contributed by atoms with E-state index >= 15 is 0 Å². The molecule has 0 radical (unpaired) electrons. The van der Waals surface area contributed by atoms with Gasteiger partial charge in [-0.05, 0) is 48.9 Å². The lowest BCUT2D eigenvalue weighted by molar-refractivity contribution is -0.113. The van der Waals surface area contributed by atoms with Gasteiger partial charge in [-0.25, -0.2) is 9.78 Å². The molecule has 2 aromatic carbocycles. The molecule has 0 atom stereocenters. The molecule has 5 nitrogen and oxygen atoms in total. The molecule has 0 spiro atoms. The molecule has 0 fully saturated rings. The van der Waals surface area contributed by atoms with E-state index in [0.717, 1.165) is 21.5 Å². The molecule has 1 amide bonds. The molecule has 0 aliphatic heterocycles. The Morgan fingerprint density at radius 1 is 1.12 bits per heavy atom. The lowest BCUT2D eigenvalue weighted by atomic mass is 10.1. The Morgan fingerprint density at radius 2 is 1.84 bits per heavy atom. The van der Waals surface area contributed by atoms with Gasteiger partial charge in [0, 0.05) is 11.1 Å². The largest absolute Gasteiger partial charge is 0.478 e. The van der Waals surface area contributed by atoms with Gasteiger partial charge in [0.1, 0.15) is 0 Å². The Morgan fingerprint density at radius 3 is 2.56 bits per heavy atom. The number of fused-ring (bicyclic) bond motifs is 1. The first-order valence-corrected chi connectivity index (χ1v) is 8.64. The van der Waals surface area contributed by atoms with Crippen LogP contribution in [0.4, 0.5) is 5.69 Å². The summed E-state index contributed by atoms with van der Waals surface area (Å²) >= 11 is 1.37. The fourth-order valence-electron chi connectivity index (χ4n) is 2.43. The van der Waals surface area contributed by atoms with Crippen LogP contribution in [0.2, 0.25) is 0 Å². The van der Waals surface area contributed by atoms with E-state index in [9.17, 15) is 9.59 Å². The highest BCUT2D eigenvalue weighted by Crippen LogP contribution is 2.23. The summed E-state index contributed by atoms with van der Waals surface area (Å²) in [6, 6.07) is 15.9. The van der Waals surface area contributed by atoms with Crippen LogP contribution in [0.5, 0.6) is 0 Å². The summed E-state index contributed by atoms with van der Waals surface area (Å²) in [6.45, 7) is 2.03. The SMILES string of the molecule is Cc1cc(SCC(=O)Nc2ccc(C(=O)O)cc2)nc2ccccc12. The topological polar surface area (TPSA) is 79.3 Å². The van der Waals surface area contributed by atoms with Gasteiger partial charge < -0.3 is 10.4 Å². The number of aryl methyl sites for hydroxylation is 1. The van der Waals surface area contributed by atoms with E-state index < -0.39 is 5.97 Å². The van der Waals surface area contributed by atoms with Crippen molar-refractivity contribution in [1.82, 2.24) is 4.98 Å². The normalized spacial score (nSPS) is 10.6. The number of nitrogens with one attached hydrogen (secondary N) is 1. The molecule has 6 heteroatoms. The summed E-state index contributed by atoms with van der Waals surface area (Å²) in [4.78, 5) is 27.5. The summed E-state index contributed by atoms with van der Waals surface area (Å²) in [5.74, 6) is -0.933. The number of carboxylic acid groups (broad SMARTS) is 1. The molecule has 1 heterocycles. The molecule has 0 saturated carbocycles. The predicted molar refractivity (Wildman–Crippen MR) is 99.2 cm³/mol. The fourth-order valence-corrected chi connectivity index (χ4v) is 3.20. The Labute approximate surface area is 149 Å². The number of aromatic carboxylic acids is 1. The summed E-state index contributed by atoms with van der Waals surface area (Å²) in [5, 5.41) is 13.5. The number of carbonyl (C=O) groups is 2. The summed E-state index contributed by atoms with van der Waals surface area (Å²) in [7, 11) is 0. The Bertz CT molecular complexity index is 939. The van der Waals surface area contributed by atoms with E-state index in [2.05, 4.69) is 10.3 Å². The minimum absolute atomic E-state index is 0.166. The summed E-state index contributed by atoms with van der Waals surface area (Å²) < 4.78 is 0. The molecule has 0 bridgehead atoms. The van der Waals surface area contributed by atoms with E-state index in [-0.39, 0.29) is 17.2 Å². The van der Waals surface area contributed by atoms with Crippen molar-refractivity contribution in [1.29, 1.82) is 0 Å². The Kier molecular flexibility index (Phi) is 5.00. The molecule has 0 unspecified atom stereocenters. The summed E-state index contributed by atoms with van der Waals surface area (Å²) in [5.41, 5.74) is 2.79. The second-order valence-electron chi connectivity index (χ2n) is 5.51.